The molecule has 1 saturated heterocycles. The normalized spacial score (nSPS) is 19.8. The number of ketones is 1. The molecule has 0 atom stereocenters. The number of carbonyl (C=O) groups excluding carboxylic acids is 1. The molecule has 1 aromatic heterocycles. The molecule has 1 aromatic carbocycles. The van der Waals surface area contributed by atoms with Gasteiger partial charge in [-0.1, -0.05) is 44.2 Å². The van der Waals surface area contributed by atoms with E-state index in [1.807, 2.05) is 6.92 Å². The molecule has 0 saturated carbocycles. The summed E-state index contributed by atoms with van der Waals surface area (Å²) in [6.45, 7) is 11.1. The third-order valence-corrected chi connectivity index (χ3v) is 5.62. The average Bonchev–Trinajstić information content (AvgIpc) is 2.61. The van der Waals surface area contributed by atoms with Crippen LogP contribution in [0.15, 0.2) is 30.3 Å². The SMILES string of the molecule is Cc1nc(N2CCN(Cc3ccccc3)CC2)nc2c1C(=O)CC(C)(C)C2. The molecule has 5 nitrogen and oxygen atoms in total. The lowest BCUT2D eigenvalue weighted by Gasteiger charge is -2.36. The van der Waals surface area contributed by atoms with Crippen molar-refractivity contribution < 1.29 is 4.79 Å². The molecule has 1 aliphatic heterocycles. The second kappa shape index (κ2) is 7.04. The predicted octanol–water partition coefficient (Wildman–Crippen LogP) is 3.26. The topological polar surface area (TPSA) is 49.3 Å². The number of aryl methyl sites for hydroxylation is 1. The van der Waals surface area contributed by atoms with Gasteiger partial charge >= 0.3 is 0 Å². The lowest BCUT2D eigenvalue weighted by Crippen LogP contribution is -2.46. The minimum Gasteiger partial charge on any atom is -0.338 e. The fraction of sp³-hybridized carbons (Fsp3) is 0.500. The number of carbonyl (C=O) groups is 1. The van der Waals surface area contributed by atoms with Gasteiger partial charge in [0.15, 0.2) is 5.78 Å². The van der Waals surface area contributed by atoms with E-state index in [0.717, 1.165) is 62.0 Å². The van der Waals surface area contributed by atoms with Crippen LogP contribution < -0.4 is 4.90 Å². The van der Waals surface area contributed by atoms with Gasteiger partial charge in [-0.15, -0.1) is 0 Å². The molecule has 2 aliphatic rings. The zero-order valence-electron chi connectivity index (χ0n) is 16.5. The predicted molar refractivity (Wildman–Crippen MR) is 107 cm³/mol. The number of benzene rings is 1. The molecule has 0 spiro atoms. The Bertz CT molecular complexity index is 839. The summed E-state index contributed by atoms with van der Waals surface area (Å²) in [4.78, 5) is 26.8. The first kappa shape index (κ1) is 18.1. The van der Waals surface area contributed by atoms with Crippen molar-refractivity contribution in [3.05, 3.63) is 52.8 Å². The molecular weight excluding hydrogens is 336 g/mol. The molecule has 5 heteroatoms. The van der Waals surface area contributed by atoms with Crippen LogP contribution in [-0.4, -0.2) is 46.8 Å². The number of piperazine rings is 1. The Morgan fingerprint density at radius 2 is 1.70 bits per heavy atom. The maximum absolute atomic E-state index is 12.5. The van der Waals surface area contributed by atoms with Crippen molar-refractivity contribution in [2.75, 3.05) is 31.1 Å². The highest BCUT2D eigenvalue weighted by Crippen LogP contribution is 2.35. The zero-order chi connectivity index (χ0) is 19.0. The number of anilines is 1. The van der Waals surface area contributed by atoms with Crippen molar-refractivity contribution >= 4 is 11.7 Å². The number of fused-ring (bicyclic) bond motifs is 1. The smallest absolute Gasteiger partial charge is 0.225 e. The molecular formula is C22H28N4O. The van der Waals surface area contributed by atoms with Crippen LogP contribution in [-0.2, 0) is 13.0 Å². The first-order valence-electron chi connectivity index (χ1n) is 9.83. The molecule has 2 aromatic rings. The first-order valence-corrected chi connectivity index (χ1v) is 9.83. The first-order chi connectivity index (χ1) is 12.9. The van der Waals surface area contributed by atoms with E-state index in [4.69, 9.17) is 9.97 Å². The van der Waals surface area contributed by atoms with Gasteiger partial charge in [-0.05, 0) is 24.3 Å². The second-order valence-electron chi connectivity index (χ2n) is 8.62. The van der Waals surface area contributed by atoms with Gasteiger partial charge in [0.1, 0.15) is 0 Å². The Hall–Kier alpha value is -2.27. The molecule has 27 heavy (non-hydrogen) atoms. The van der Waals surface area contributed by atoms with E-state index in [0.29, 0.717) is 6.42 Å². The molecule has 1 fully saturated rings. The average molecular weight is 364 g/mol. The summed E-state index contributed by atoms with van der Waals surface area (Å²) in [6.07, 6.45) is 1.43. The van der Waals surface area contributed by atoms with Crippen LogP contribution in [0.1, 0.15) is 47.6 Å². The van der Waals surface area contributed by atoms with E-state index < -0.39 is 0 Å². The van der Waals surface area contributed by atoms with Gasteiger partial charge in [0.2, 0.25) is 5.95 Å². The molecule has 0 radical (unpaired) electrons. The van der Waals surface area contributed by atoms with Crippen molar-refractivity contribution in [2.24, 2.45) is 5.41 Å². The van der Waals surface area contributed by atoms with Crippen LogP contribution in [0.3, 0.4) is 0 Å². The fourth-order valence-corrected chi connectivity index (χ4v) is 4.23. The highest BCUT2D eigenvalue weighted by molar-refractivity contribution is 5.99. The minimum atomic E-state index is -0.0173. The number of rotatable bonds is 3. The Morgan fingerprint density at radius 3 is 2.41 bits per heavy atom. The van der Waals surface area contributed by atoms with Crippen molar-refractivity contribution in [3.63, 3.8) is 0 Å². The van der Waals surface area contributed by atoms with Crippen LogP contribution in [0.25, 0.3) is 0 Å². The summed E-state index contributed by atoms with van der Waals surface area (Å²) < 4.78 is 0. The van der Waals surface area contributed by atoms with Crippen LogP contribution >= 0.6 is 0 Å². The minimum absolute atomic E-state index is 0.0173. The Balaban J connectivity index is 1.47. The van der Waals surface area contributed by atoms with Crippen molar-refractivity contribution in [1.82, 2.24) is 14.9 Å². The third-order valence-electron chi connectivity index (χ3n) is 5.62. The van der Waals surface area contributed by atoms with Gasteiger partial charge in [-0.25, -0.2) is 9.97 Å². The molecule has 142 valence electrons. The molecule has 4 rings (SSSR count). The van der Waals surface area contributed by atoms with E-state index in [-0.39, 0.29) is 11.2 Å². The summed E-state index contributed by atoms with van der Waals surface area (Å²) in [5.41, 5.74) is 3.87. The van der Waals surface area contributed by atoms with Gasteiger partial charge < -0.3 is 4.90 Å². The highest BCUT2D eigenvalue weighted by atomic mass is 16.1. The summed E-state index contributed by atoms with van der Waals surface area (Å²) >= 11 is 0. The Kier molecular flexibility index (Phi) is 4.72. The van der Waals surface area contributed by atoms with E-state index >= 15 is 0 Å². The third kappa shape index (κ3) is 3.88. The Labute approximate surface area is 161 Å². The summed E-state index contributed by atoms with van der Waals surface area (Å²) in [6, 6.07) is 10.6. The van der Waals surface area contributed by atoms with Gasteiger partial charge in [-0.2, -0.15) is 0 Å². The van der Waals surface area contributed by atoms with Crippen LogP contribution in [0.2, 0.25) is 0 Å². The molecule has 0 amide bonds. The summed E-state index contributed by atoms with van der Waals surface area (Å²) in [7, 11) is 0. The van der Waals surface area contributed by atoms with Crippen molar-refractivity contribution in [2.45, 2.75) is 40.2 Å². The number of nitrogens with zero attached hydrogens (tertiary/aromatic N) is 4. The van der Waals surface area contributed by atoms with E-state index in [2.05, 4.69) is 54.0 Å². The monoisotopic (exact) mass is 364 g/mol. The molecule has 0 N–H and O–H groups in total. The molecule has 0 bridgehead atoms. The quantitative estimate of drug-likeness (QED) is 0.837. The lowest BCUT2D eigenvalue weighted by molar-refractivity contribution is 0.0909. The number of Topliss-reactive ketones (excluding diaryl/α,β-unsaturated/α-hetero) is 1. The number of aromatic nitrogens is 2. The molecule has 1 aliphatic carbocycles. The molecule has 2 heterocycles. The van der Waals surface area contributed by atoms with Crippen LogP contribution in [0.5, 0.6) is 0 Å². The highest BCUT2D eigenvalue weighted by Gasteiger charge is 2.34. The molecule has 0 unspecified atom stereocenters. The fourth-order valence-electron chi connectivity index (χ4n) is 4.23. The summed E-state index contributed by atoms with van der Waals surface area (Å²) in [5.74, 6) is 0.981. The van der Waals surface area contributed by atoms with E-state index in [1.165, 1.54) is 5.56 Å². The van der Waals surface area contributed by atoms with Crippen LogP contribution in [0.4, 0.5) is 5.95 Å². The summed E-state index contributed by atoms with van der Waals surface area (Å²) in [5, 5.41) is 0. The standard InChI is InChI=1S/C22H28N4O/c1-16-20-18(13-22(2,3)14-19(20)27)24-21(23-16)26-11-9-25(10-12-26)15-17-7-5-4-6-8-17/h4-8H,9-15H2,1-3H3. The van der Waals surface area contributed by atoms with Gasteiger partial charge in [-0.3, -0.25) is 9.69 Å². The van der Waals surface area contributed by atoms with Crippen molar-refractivity contribution in [3.8, 4) is 0 Å². The maximum Gasteiger partial charge on any atom is 0.225 e. The van der Waals surface area contributed by atoms with Crippen LogP contribution in [0, 0.1) is 12.3 Å². The number of hydrogen-bond acceptors (Lipinski definition) is 5. The largest absolute Gasteiger partial charge is 0.338 e. The lowest BCUT2D eigenvalue weighted by atomic mass is 9.75. The van der Waals surface area contributed by atoms with Gasteiger partial charge in [0, 0.05) is 39.1 Å². The van der Waals surface area contributed by atoms with Gasteiger partial charge in [0.25, 0.3) is 0 Å². The van der Waals surface area contributed by atoms with E-state index in [1.54, 1.807) is 0 Å². The van der Waals surface area contributed by atoms with E-state index in [9.17, 15) is 4.79 Å². The zero-order valence-corrected chi connectivity index (χ0v) is 16.5. The maximum atomic E-state index is 12.5. The Morgan fingerprint density at radius 1 is 1.00 bits per heavy atom. The van der Waals surface area contributed by atoms with Gasteiger partial charge in [0.05, 0.1) is 17.0 Å². The van der Waals surface area contributed by atoms with Crippen molar-refractivity contribution in [1.29, 1.82) is 0 Å². The second-order valence-corrected chi connectivity index (χ2v) is 8.62. The number of hydrogen-bond donors (Lipinski definition) is 0.